The first-order valence-electron chi connectivity index (χ1n) is 5.01. The first-order chi connectivity index (χ1) is 9.02. The van der Waals surface area contributed by atoms with E-state index in [9.17, 15) is 9.59 Å². The van der Waals surface area contributed by atoms with Gasteiger partial charge in [-0.3, -0.25) is 9.59 Å². The molecule has 0 aliphatic carbocycles. The number of hydrogen-bond acceptors (Lipinski definition) is 5. The van der Waals surface area contributed by atoms with Gasteiger partial charge in [-0.05, 0) is 12.1 Å². The topological polar surface area (TPSA) is 115 Å². The van der Waals surface area contributed by atoms with Crippen LogP contribution in [0.4, 0.5) is 5.82 Å². The van der Waals surface area contributed by atoms with Crippen LogP contribution in [0.2, 0.25) is 5.02 Å². The molecule has 7 nitrogen and oxygen atoms in total. The van der Waals surface area contributed by atoms with E-state index in [4.69, 9.17) is 22.0 Å². The van der Waals surface area contributed by atoms with Gasteiger partial charge in [0.05, 0.1) is 0 Å². The number of rotatable bonds is 5. The zero-order chi connectivity index (χ0) is 14.3. The molecule has 0 radical (unpaired) electrons. The van der Waals surface area contributed by atoms with Crippen molar-refractivity contribution < 1.29 is 14.7 Å². The molecule has 1 heterocycles. The van der Waals surface area contributed by atoms with Gasteiger partial charge < -0.3 is 15.7 Å². The smallest absolute Gasteiger partial charge is 0.322 e. The number of carboxylic acids is 1. The van der Waals surface area contributed by atoms with Crippen molar-refractivity contribution in [1.82, 2.24) is 10.3 Å². The van der Waals surface area contributed by atoms with Crippen LogP contribution in [0.25, 0.3) is 0 Å². The summed E-state index contributed by atoms with van der Waals surface area (Å²) >= 11 is 5.73. The second-order valence-electron chi connectivity index (χ2n) is 3.25. The third-order valence-electron chi connectivity index (χ3n) is 1.85. The van der Waals surface area contributed by atoms with Gasteiger partial charge in [0.25, 0.3) is 5.91 Å². The standard InChI is InChI=1S/C11H9ClN4O3/c12-8-1-2-14-9(3-8)15-5-7(4-13)11(19)16-6-10(17)18/h1-3,5H,6H2,(H,14,15)(H,16,19)(H,17,18)/b7-5-. The molecular weight excluding hydrogens is 272 g/mol. The highest BCUT2D eigenvalue weighted by Gasteiger charge is 2.09. The first-order valence-corrected chi connectivity index (χ1v) is 5.39. The number of hydrogen-bond donors (Lipinski definition) is 3. The molecule has 1 amide bonds. The number of pyridine rings is 1. The Morgan fingerprint density at radius 2 is 2.32 bits per heavy atom. The molecule has 0 spiro atoms. The zero-order valence-electron chi connectivity index (χ0n) is 9.55. The number of carboxylic acid groups (broad SMARTS) is 1. The van der Waals surface area contributed by atoms with Gasteiger partial charge in [-0.1, -0.05) is 11.6 Å². The van der Waals surface area contributed by atoms with Crippen LogP contribution in [0.15, 0.2) is 30.1 Å². The predicted octanol–water partition coefficient (Wildman–Crippen LogP) is 0.755. The molecule has 1 rings (SSSR count). The normalized spacial score (nSPS) is 10.4. The zero-order valence-corrected chi connectivity index (χ0v) is 10.3. The van der Waals surface area contributed by atoms with Crippen LogP contribution in [0.5, 0.6) is 0 Å². The summed E-state index contributed by atoms with van der Waals surface area (Å²) in [5.74, 6) is -1.64. The molecule has 98 valence electrons. The van der Waals surface area contributed by atoms with Crippen molar-refractivity contribution in [3.8, 4) is 6.07 Å². The minimum atomic E-state index is -1.20. The number of aromatic nitrogens is 1. The van der Waals surface area contributed by atoms with Gasteiger partial charge in [0.2, 0.25) is 0 Å². The van der Waals surface area contributed by atoms with Crippen molar-refractivity contribution >= 4 is 29.3 Å². The van der Waals surface area contributed by atoms with Crippen LogP contribution in [0.3, 0.4) is 0 Å². The molecule has 0 aliphatic heterocycles. The number of carbonyl (C=O) groups excluding carboxylic acids is 1. The average Bonchev–Trinajstić information content (AvgIpc) is 2.37. The van der Waals surface area contributed by atoms with E-state index in [1.54, 1.807) is 12.1 Å². The molecule has 0 bridgehead atoms. The van der Waals surface area contributed by atoms with Crippen LogP contribution < -0.4 is 10.6 Å². The SMILES string of the molecule is N#C/C(=C/Nc1cc(Cl)ccn1)C(=O)NCC(=O)O. The molecule has 1 aromatic rings. The minimum Gasteiger partial charge on any atom is -0.480 e. The maximum absolute atomic E-state index is 11.4. The van der Waals surface area contributed by atoms with E-state index in [1.807, 2.05) is 0 Å². The van der Waals surface area contributed by atoms with Crippen molar-refractivity contribution in [2.75, 3.05) is 11.9 Å². The van der Waals surface area contributed by atoms with Crippen LogP contribution in [-0.2, 0) is 9.59 Å². The van der Waals surface area contributed by atoms with Crippen LogP contribution in [0, 0.1) is 11.3 Å². The molecule has 0 aromatic carbocycles. The number of halogens is 1. The maximum Gasteiger partial charge on any atom is 0.322 e. The summed E-state index contributed by atoms with van der Waals surface area (Å²) < 4.78 is 0. The van der Waals surface area contributed by atoms with Crippen molar-refractivity contribution in [3.05, 3.63) is 35.1 Å². The molecular formula is C11H9ClN4O3. The fourth-order valence-electron chi connectivity index (χ4n) is 1.03. The van der Waals surface area contributed by atoms with E-state index in [-0.39, 0.29) is 5.57 Å². The highest BCUT2D eigenvalue weighted by Crippen LogP contribution is 2.11. The van der Waals surface area contributed by atoms with Gasteiger partial charge in [-0.25, -0.2) is 4.98 Å². The number of amides is 1. The first kappa shape index (κ1) is 14.5. The van der Waals surface area contributed by atoms with Crippen LogP contribution >= 0.6 is 11.6 Å². The van der Waals surface area contributed by atoms with E-state index >= 15 is 0 Å². The van der Waals surface area contributed by atoms with Gasteiger partial charge >= 0.3 is 5.97 Å². The van der Waals surface area contributed by atoms with E-state index in [1.165, 1.54) is 12.3 Å². The van der Waals surface area contributed by atoms with Crippen molar-refractivity contribution in [2.45, 2.75) is 0 Å². The van der Waals surface area contributed by atoms with Crippen molar-refractivity contribution in [2.24, 2.45) is 0 Å². The maximum atomic E-state index is 11.4. The summed E-state index contributed by atoms with van der Waals surface area (Å²) in [6.07, 6.45) is 2.57. The Morgan fingerprint density at radius 1 is 1.58 bits per heavy atom. The summed E-state index contributed by atoms with van der Waals surface area (Å²) in [5.41, 5.74) is -0.275. The second kappa shape index (κ2) is 6.98. The summed E-state index contributed by atoms with van der Waals surface area (Å²) in [4.78, 5) is 25.6. The fourth-order valence-corrected chi connectivity index (χ4v) is 1.19. The number of nitriles is 1. The van der Waals surface area contributed by atoms with Crippen LogP contribution in [-0.4, -0.2) is 28.5 Å². The van der Waals surface area contributed by atoms with Gasteiger partial charge in [-0.15, -0.1) is 0 Å². The van der Waals surface area contributed by atoms with Gasteiger partial charge in [0, 0.05) is 17.4 Å². The number of aliphatic carboxylic acids is 1. The second-order valence-corrected chi connectivity index (χ2v) is 3.69. The lowest BCUT2D eigenvalue weighted by Crippen LogP contribution is -2.30. The number of nitrogens with zero attached hydrogens (tertiary/aromatic N) is 2. The third-order valence-corrected chi connectivity index (χ3v) is 2.09. The molecule has 0 unspecified atom stereocenters. The largest absolute Gasteiger partial charge is 0.480 e. The van der Waals surface area contributed by atoms with E-state index in [0.717, 1.165) is 6.20 Å². The molecule has 0 fully saturated rings. The highest BCUT2D eigenvalue weighted by molar-refractivity contribution is 6.30. The van der Waals surface area contributed by atoms with Gasteiger partial charge in [0.1, 0.15) is 24.0 Å². The summed E-state index contributed by atoms with van der Waals surface area (Å²) in [5, 5.41) is 22.3. The average molecular weight is 281 g/mol. The molecule has 19 heavy (non-hydrogen) atoms. The molecule has 0 saturated carbocycles. The Hall–Kier alpha value is -2.59. The Kier molecular flexibility index (Phi) is 5.32. The summed E-state index contributed by atoms with van der Waals surface area (Å²) in [6.45, 7) is -0.562. The van der Waals surface area contributed by atoms with Crippen molar-refractivity contribution in [1.29, 1.82) is 5.26 Å². The fraction of sp³-hybridized carbons (Fsp3) is 0.0909. The van der Waals surface area contributed by atoms with Crippen LogP contribution in [0.1, 0.15) is 0 Å². The number of anilines is 1. The van der Waals surface area contributed by atoms with Crippen molar-refractivity contribution in [3.63, 3.8) is 0 Å². The Balaban J connectivity index is 2.69. The molecule has 3 N–H and O–H groups in total. The lowest BCUT2D eigenvalue weighted by Gasteiger charge is -2.02. The molecule has 0 aliphatic rings. The molecule has 0 saturated heterocycles. The lowest BCUT2D eigenvalue weighted by atomic mass is 10.3. The van der Waals surface area contributed by atoms with E-state index < -0.39 is 18.4 Å². The molecule has 8 heteroatoms. The highest BCUT2D eigenvalue weighted by atomic mass is 35.5. The monoisotopic (exact) mass is 280 g/mol. The predicted molar refractivity (Wildman–Crippen MR) is 67.2 cm³/mol. The van der Waals surface area contributed by atoms with Gasteiger partial charge in [0.15, 0.2) is 0 Å². The third kappa shape index (κ3) is 5.06. The summed E-state index contributed by atoms with van der Waals surface area (Å²) in [7, 11) is 0. The quantitative estimate of drug-likeness (QED) is 0.542. The Labute approximate surface area is 113 Å². The number of nitrogens with one attached hydrogen (secondary N) is 2. The van der Waals surface area contributed by atoms with E-state index in [0.29, 0.717) is 10.8 Å². The lowest BCUT2D eigenvalue weighted by molar-refractivity contribution is -0.137. The minimum absolute atomic E-state index is 0.275. The Morgan fingerprint density at radius 3 is 2.89 bits per heavy atom. The van der Waals surface area contributed by atoms with Gasteiger partial charge in [-0.2, -0.15) is 5.26 Å². The molecule has 0 atom stereocenters. The number of carbonyl (C=O) groups is 2. The van der Waals surface area contributed by atoms with E-state index in [2.05, 4.69) is 15.6 Å². The Bertz CT molecular complexity index is 565. The molecule has 1 aromatic heterocycles. The summed E-state index contributed by atoms with van der Waals surface area (Å²) in [6, 6.07) is 4.72.